The molecule has 1 aromatic carbocycles. The van der Waals surface area contributed by atoms with Gasteiger partial charge in [-0.15, -0.1) is 0 Å². The number of nitrogens with zero attached hydrogens (tertiary/aromatic N) is 4. The summed E-state index contributed by atoms with van der Waals surface area (Å²) in [5, 5.41) is 14.6. The Bertz CT molecular complexity index is 974. The fourth-order valence-corrected chi connectivity index (χ4v) is 6.45. The maximum absolute atomic E-state index is 6.10. The molecule has 2 saturated carbocycles. The third-order valence-electron chi connectivity index (χ3n) is 8.82. The average Bonchev–Trinajstić information content (AvgIpc) is 2.99. The fourth-order valence-electron chi connectivity index (χ4n) is 6.45. The number of anilines is 3. The van der Waals surface area contributed by atoms with E-state index in [0.717, 1.165) is 57.8 Å². The molecule has 5 rings (SSSR count). The minimum absolute atomic E-state index is 0.247. The highest BCUT2D eigenvalue weighted by Gasteiger charge is 2.24. The van der Waals surface area contributed by atoms with Crippen LogP contribution >= 0.6 is 0 Å². The molecule has 3 fully saturated rings. The molecule has 0 radical (unpaired) electrons. The van der Waals surface area contributed by atoms with Crippen molar-refractivity contribution in [1.82, 2.24) is 30.9 Å². The van der Waals surface area contributed by atoms with Gasteiger partial charge in [-0.05, 0) is 82.0 Å². The first-order chi connectivity index (χ1) is 19.2. The van der Waals surface area contributed by atoms with Gasteiger partial charge in [-0.1, -0.05) is 49.6 Å². The molecule has 6 N–H and O–H groups in total. The number of hydrogen-bond donors (Lipinski definition) is 5. The molecular formula is C30H49N9. The minimum Gasteiger partial charge on any atom is -0.368 e. The number of benzene rings is 1. The Balaban J connectivity index is 0.994. The average molecular weight is 536 g/mol. The van der Waals surface area contributed by atoms with Crippen LogP contribution in [-0.2, 0) is 0 Å². The summed E-state index contributed by atoms with van der Waals surface area (Å²) in [6.45, 7) is 6.87. The number of rotatable bonds is 12. The smallest absolute Gasteiger partial charge is 0.232 e. The Morgan fingerprint density at radius 1 is 0.872 bits per heavy atom. The van der Waals surface area contributed by atoms with Crippen molar-refractivity contribution < 1.29 is 0 Å². The van der Waals surface area contributed by atoms with E-state index in [0.29, 0.717) is 17.8 Å². The highest BCUT2D eigenvalue weighted by Crippen LogP contribution is 2.29. The van der Waals surface area contributed by atoms with Crippen LogP contribution in [0.1, 0.15) is 75.8 Å². The Labute approximate surface area is 234 Å². The van der Waals surface area contributed by atoms with Crippen molar-refractivity contribution in [1.29, 1.82) is 0 Å². The summed E-state index contributed by atoms with van der Waals surface area (Å²) >= 11 is 0. The lowest BCUT2D eigenvalue weighted by atomic mass is 9.82. The van der Waals surface area contributed by atoms with Crippen LogP contribution in [0.3, 0.4) is 0 Å². The Morgan fingerprint density at radius 2 is 1.64 bits per heavy atom. The molecule has 2 aliphatic carbocycles. The van der Waals surface area contributed by atoms with Crippen molar-refractivity contribution in [2.75, 3.05) is 61.8 Å². The van der Waals surface area contributed by atoms with E-state index in [4.69, 9.17) is 10.7 Å². The number of nitrogens with one attached hydrogen (secondary N) is 4. The molecule has 0 bridgehead atoms. The summed E-state index contributed by atoms with van der Waals surface area (Å²) in [7, 11) is 0. The zero-order valence-corrected chi connectivity index (χ0v) is 23.6. The van der Waals surface area contributed by atoms with Crippen LogP contribution < -0.4 is 31.9 Å². The lowest BCUT2D eigenvalue weighted by Gasteiger charge is -2.34. The van der Waals surface area contributed by atoms with Crippen LogP contribution in [0.25, 0.3) is 0 Å². The van der Waals surface area contributed by atoms with E-state index in [1.807, 2.05) is 0 Å². The Hall–Kier alpha value is -2.49. The molecule has 39 heavy (non-hydrogen) atoms. The van der Waals surface area contributed by atoms with Crippen molar-refractivity contribution in [3.63, 3.8) is 0 Å². The quantitative estimate of drug-likeness (QED) is 0.259. The van der Waals surface area contributed by atoms with Gasteiger partial charge in [0.05, 0.1) is 0 Å². The number of nitrogen functional groups attached to an aromatic ring is 1. The maximum atomic E-state index is 6.10. The standard InChI is InChI=1S/C30H49N9/c31-28-36-29(38-30(37-28)39-19-18-34-27(22-39)25-8-3-1-4-9-25)35-21-24-14-12-23(13-15-24)20-32-16-7-17-33-26-10-5-2-6-11-26/h1,3-4,8-9,23-24,26-27,32-34H,2,5-7,10-22H2,(H3,31,35,36,37,38)/t23-,24-,27?. The molecular weight excluding hydrogens is 486 g/mol. The topological polar surface area (TPSA) is 116 Å². The molecule has 0 amide bonds. The monoisotopic (exact) mass is 535 g/mol. The Morgan fingerprint density at radius 3 is 2.44 bits per heavy atom. The third-order valence-corrected chi connectivity index (χ3v) is 8.82. The van der Waals surface area contributed by atoms with Crippen molar-refractivity contribution in [2.45, 2.75) is 76.3 Å². The lowest BCUT2D eigenvalue weighted by Crippen LogP contribution is -2.46. The second kappa shape index (κ2) is 14.8. The molecule has 9 heteroatoms. The van der Waals surface area contributed by atoms with E-state index in [1.54, 1.807) is 0 Å². The van der Waals surface area contributed by atoms with Gasteiger partial charge in [0.1, 0.15) is 0 Å². The highest BCUT2D eigenvalue weighted by atomic mass is 15.3. The van der Waals surface area contributed by atoms with Crippen LogP contribution in [-0.4, -0.2) is 66.8 Å². The van der Waals surface area contributed by atoms with E-state index in [9.17, 15) is 0 Å². The van der Waals surface area contributed by atoms with Crippen LogP contribution in [0, 0.1) is 11.8 Å². The highest BCUT2D eigenvalue weighted by molar-refractivity contribution is 5.43. The minimum atomic E-state index is 0.247. The summed E-state index contributed by atoms with van der Waals surface area (Å²) in [4.78, 5) is 15.8. The van der Waals surface area contributed by atoms with Crippen molar-refractivity contribution in [2.24, 2.45) is 11.8 Å². The van der Waals surface area contributed by atoms with E-state index >= 15 is 0 Å². The van der Waals surface area contributed by atoms with Gasteiger partial charge >= 0.3 is 0 Å². The van der Waals surface area contributed by atoms with Crippen LogP contribution in [0.15, 0.2) is 30.3 Å². The van der Waals surface area contributed by atoms with E-state index in [-0.39, 0.29) is 12.0 Å². The van der Waals surface area contributed by atoms with Gasteiger partial charge < -0.3 is 31.9 Å². The van der Waals surface area contributed by atoms with Gasteiger partial charge in [0.25, 0.3) is 0 Å². The van der Waals surface area contributed by atoms with Crippen molar-refractivity contribution in [3.05, 3.63) is 35.9 Å². The van der Waals surface area contributed by atoms with E-state index in [2.05, 4.69) is 66.5 Å². The van der Waals surface area contributed by atoms with Gasteiger partial charge in [0, 0.05) is 38.3 Å². The van der Waals surface area contributed by atoms with Gasteiger partial charge in [-0.2, -0.15) is 15.0 Å². The molecule has 1 aliphatic heterocycles. The molecule has 0 spiro atoms. The van der Waals surface area contributed by atoms with Gasteiger partial charge in [-0.25, -0.2) is 0 Å². The van der Waals surface area contributed by atoms with E-state index in [1.165, 1.54) is 69.8 Å². The van der Waals surface area contributed by atoms with Crippen LogP contribution in [0.4, 0.5) is 17.8 Å². The summed E-state index contributed by atoms with van der Waals surface area (Å²) in [5.74, 6) is 3.00. The summed E-state index contributed by atoms with van der Waals surface area (Å²) in [5.41, 5.74) is 7.38. The molecule has 1 atom stereocenters. The van der Waals surface area contributed by atoms with Gasteiger partial charge in [0.2, 0.25) is 17.8 Å². The first-order valence-corrected chi connectivity index (χ1v) is 15.5. The van der Waals surface area contributed by atoms with Crippen molar-refractivity contribution >= 4 is 17.8 Å². The summed E-state index contributed by atoms with van der Waals surface area (Å²) < 4.78 is 0. The Kier molecular flexibility index (Phi) is 10.6. The SMILES string of the molecule is Nc1nc(NC[C@H]2CC[C@H](CNCCCNC3CCCCC3)CC2)nc(N2CCNC(c3ccccc3)C2)n1. The first-order valence-electron chi connectivity index (χ1n) is 15.5. The second-order valence-corrected chi connectivity index (χ2v) is 11.8. The molecule has 2 aromatic rings. The third kappa shape index (κ3) is 8.75. The molecule has 3 aliphatic rings. The zero-order chi connectivity index (χ0) is 26.7. The molecule has 1 unspecified atom stereocenters. The molecule has 2 heterocycles. The van der Waals surface area contributed by atoms with Gasteiger partial charge in [0.15, 0.2) is 0 Å². The zero-order valence-electron chi connectivity index (χ0n) is 23.6. The lowest BCUT2D eigenvalue weighted by molar-refractivity contribution is 0.275. The number of nitrogens with two attached hydrogens (primary N) is 1. The predicted molar refractivity (Wildman–Crippen MR) is 160 cm³/mol. The normalized spacial score (nSPS) is 24.5. The first kappa shape index (κ1) is 28.1. The van der Waals surface area contributed by atoms with Crippen LogP contribution in [0.5, 0.6) is 0 Å². The predicted octanol–water partition coefficient (Wildman–Crippen LogP) is 3.73. The largest absolute Gasteiger partial charge is 0.368 e. The van der Waals surface area contributed by atoms with Gasteiger partial charge in [-0.3, -0.25) is 0 Å². The molecule has 214 valence electrons. The number of piperazine rings is 1. The molecule has 9 nitrogen and oxygen atoms in total. The summed E-state index contributed by atoms with van der Waals surface area (Å²) in [6, 6.07) is 11.6. The maximum Gasteiger partial charge on any atom is 0.232 e. The van der Waals surface area contributed by atoms with Crippen LogP contribution in [0.2, 0.25) is 0 Å². The molecule has 1 saturated heterocycles. The van der Waals surface area contributed by atoms with E-state index < -0.39 is 0 Å². The second-order valence-electron chi connectivity index (χ2n) is 11.8. The number of hydrogen-bond acceptors (Lipinski definition) is 9. The fraction of sp³-hybridized carbons (Fsp3) is 0.700. The van der Waals surface area contributed by atoms with Crippen molar-refractivity contribution in [3.8, 4) is 0 Å². The molecule has 1 aromatic heterocycles. The summed E-state index contributed by atoms with van der Waals surface area (Å²) in [6.07, 6.45) is 13.3. The number of aromatic nitrogens is 3.